The molecule has 1 unspecified atom stereocenters. The van der Waals surface area contributed by atoms with Crippen molar-refractivity contribution < 1.29 is 31.0 Å². The molecule has 0 saturated carbocycles. The summed E-state index contributed by atoms with van der Waals surface area (Å²) < 4.78 is 6.76. The van der Waals surface area contributed by atoms with Crippen LogP contribution >= 0.6 is 0 Å². The zero-order chi connectivity index (χ0) is 11.6. The van der Waals surface area contributed by atoms with Gasteiger partial charge < -0.3 is 26.2 Å². The Morgan fingerprint density at radius 3 is 2.65 bits per heavy atom. The fourth-order valence-corrected chi connectivity index (χ4v) is 3.40. The standard InChI is InChI=1S/C13H24NO2.BrH/c1-3-13(15)16-12-8-6-10-14(2)9-5-4-7-11(12)14;/h11-12H,3-10H2,1-2H3;1H/q+1;/p-1/t11-,12-,14?;/m1./s1. The third kappa shape index (κ3) is 3.22. The van der Waals surface area contributed by atoms with Gasteiger partial charge in [0.1, 0.15) is 6.04 Å². The second-order valence-corrected chi connectivity index (χ2v) is 5.51. The lowest BCUT2D eigenvalue weighted by atomic mass is 9.88. The first-order valence-electron chi connectivity index (χ1n) is 6.69. The number of hydrogen-bond acceptors (Lipinski definition) is 2. The average Bonchev–Trinajstić information content (AvgIpc) is 2.28. The molecule has 0 amide bonds. The van der Waals surface area contributed by atoms with Crippen LogP contribution in [0.15, 0.2) is 0 Å². The molecule has 0 bridgehead atoms. The molecule has 2 fully saturated rings. The van der Waals surface area contributed by atoms with Gasteiger partial charge in [-0.2, -0.15) is 0 Å². The summed E-state index contributed by atoms with van der Waals surface area (Å²) in [7, 11) is 2.34. The first-order chi connectivity index (χ1) is 7.65. The summed E-state index contributed by atoms with van der Waals surface area (Å²) in [4.78, 5) is 11.4. The number of ether oxygens (including phenoxy) is 1. The third-order valence-corrected chi connectivity index (χ3v) is 4.38. The van der Waals surface area contributed by atoms with E-state index in [0.29, 0.717) is 12.5 Å². The third-order valence-electron chi connectivity index (χ3n) is 4.38. The van der Waals surface area contributed by atoms with Crippen molar-refractivity contribution in [3.63, 3.8) is 0 Å². The van der Waals surface area contributed by atoms with Gasteiger partial charge in [-0.3, -0.25) is 4.79 Å². The fraction of sp³-hybridized carbons (Fsp3) is 0.923. The summed E-state index contributed by atoms with van der Waals surface area (Å²) in [5.41, 5.74) is 0. The van der Waals surface area contributed by atoms with Gasteiger partial charge in [0.05, 0.1) is 20.1 Å². The van der Waals surface area contributed by atoms with E-state index >= 15 is 0 Å². The molecule has 3 atom stereocenters. The summed E-state index contributed by atoms with van der Waals surface area (Å²) in [6.45, 7) is 4.41. The first-order valence-corrected chi connectivity index (χ1v) is 6.69. The molecule has 2 aliphatic rings. The molecule has 2 heterocycles. The highest BCUT2D eigenvalue weighted by Gasteiger charge is 2.45. The predicted molar refractivity (Wildman–Crippen MR) is 63.0 cm³/mol. The maximum atomic E-state index is 11.4. The first kappa shape index (κ1) is 15.0. The topological polar surface area (TPSA) is 26.3 Å². The molecule has 0 N–H and O–H groups in total. The summed E-state index contributed by atoms with van der Waals surface area (Å²) in [6, 6.07) is 0.568. The van der Waals surface area contributed by atoms with Crippen molar-refractivity contribution in [2.75, 3.05) is 20.1 Å². The second kappa shape index (κ2) is 6.19. The van der Waals surface area contributed by atoms with Gasteiger partial charge in [-0.1, -0.05) is 6.92 Å². The smallest absolute Gasteiger partial charge is 0.306 e. The molecule has 2 aliphatic heterocycles. The number of esters is 1. The minimum absolute atomic E-state index is 0. The van der Waals surface area contributed by atoms with E-state index in [1.54, 1.807) is 0 Å². The van der Waals surface area contributed by atoms with Crippen LogP contribution < -0.4 is 17.0 Å². The SMILES string of the molecule is CCC(=O)O[C@@H]1CCC[N+]2(C)CCCC[C@H]12.[Br-]. The molecule has 0 aromatic carbocycles. The largest absolute Gasteiger partial charge is 1.00 e. The lowest BCUT2D eigenvalue weighted by Gasteiger charge is -2.50. The minimum atomic E-state index is -0.0241. The summed E-state index contributed by atoms with van der Waals surface area (Å²) in [6.07, 6.45) is 6.84. The number of carbonyl (C=O) groups is 1. The van der Waals surface area contributed by atoms with Gasteiger partial charge in [-0.15, -0.1) is 0 Å². The van der Waals surface area contributed by atoms with E-state index < -0.39 is 0 Å². The fourth-order valence-electron chi connectivity index (χ4n) is 3.40. The van der Waals surface area contributed by atoms with Crippen molar-refractivity contribution in [3.05, 3.63) is 0 Å². The summed E-state index contributed by atoms with van der Waals surface area (Å²) in [5, 5.41) is 0. The molecule has 100 valence electrons. The van der Waals surface area contributed by atoms with Crippen molar-refractivity contribution in [3.8, 4) is 0 Å². The Balaban J connectivity index is 0.00000144. The molecule has 3 nitrogen and oxygen atoms in total. The zero-order valence-corrected chi connectivity index (χ0v) is 12.5. The Morgan fingerprint density at radius 1 is 1.24 bits per heavy atom. The maximum Gasteiger partial charge on any atom is 0.306 e. The van der Waals surface area contributed by atoms with E-state index in [1.165, 1.54) is 38.8 Å². The molecular formula is C13H24BrNO2. The van der Waals surface area contributed by atoms with Gasteiger partial charge in [-0.05, 0) is 19.3 Å². The van der Waals surface area contributed by atoms with Crippen LogP contribution in [0.3, 0.4) is 0 Å². The zero-order valence-electron chi connectivity index (χ0n) is 11.0. The van der Waals surface area contributed by atoms with E-state index in [4.69, 9.17) is 4.74 Å². The molecule has 0 spiro atoms. The van der Waals surface area contributed by atoms with E-state index in [-0.39, 0.29) is 29.1 Å². The van der Waals surface area contributed by atoms with Crippen LogP contribution in [0.2, 0.25) is 0 Å². The van der Waals surface area contributed by atoms with Crippen molar-refractivity contribution in [1.82, 2.24) is 0 Å². The molecular weight excluding hydrogens is 282 g/mol. The van der Waals surface area contributed by atoms with Crippen LogP contribution in [0, 0.1) is 0 Å². The van der Waals surface area contributed by atoms with Gasteiger partial charge in [0.25, 0.3) is 0 Å². The second-order valence-electron chi connectivity index (χ2n) is 5.51. The van der Waals surface area contributed by atoms with E-state index in [9.17, 15) is 4.79 Å². The van der Waals surface area contributed by atoms with Crippen LogP contribution in [0.25, 0.3) is 0 Å². The van der Waals surface area contributed by atoms with Crippen LogP contribution in [-0.2, 0) is 9.53 Å². The molecule has 0 aromatic rings. The Labute approximate surface area is 115 Å². The number of carbonyl (C=O) groups excluding carboxylic acids is 1. The van der Waals surface area contributed by atoms with Crippen LogP contribution in [0.1, 0.15) is 45.4 Å². The van der Waals surface area contributed by atoms with Gasteiger partial charge in [0.15, 0.2) is 6.10 Å². The lowest BCUT2D eigenvalue weighted by molar-refractivity contribution is -0.946. The molecule has 2 rings (SSSR count). The number of halogens is 1. The molecule has 0 aliphatic carbocycles. The Morgan fingerprint density at radius 2 is 1.94 bits per heavy atom. The highest BCUT2D eigenvalue weighted by Crippen LogP contribution is 2.33. The number of hydrogen-bond donors (Lipinski definition) is 0. The molecule has 2 saturated heterocycles. The van der Waals surface area contributed by atoms with Crippen molar-refractivity contribution >= 4 is 5.97 Å². The molecule has 0 aromatic heterocycles. The van der Waals surface area contributed by atoms with Crippen molar-refractivity contribution in [2.24, 2.45) is 0 Å². The van der Waals surface area contributed by atoms with Crippen LogP contribution in [-0.4, -0.2) is 42.7 Å². The van der Waals surface area contributed by atoms with Gasteiger partial charge in [0, 0.05) is 19.3 Å². The number of nitrogens with zero attached hydrogens (tertiary/aromatic N) is 1. The molecule has 4 heteroatoms. The van der Waals surface area contributed by atoms with Crippen molar-refractivity contribution in [1.29, 1.82) is 0 Å². The molecule has 17 heavy (non-hydrogen) atoms. The highest BCUT2D eigenvalue weighted by molar-refractivity contribution is 5.69. The lowest BCUT2D eigenvalue weighted by Crippen LogP contribution is -3.00. The Hall–Kier alpha value is -0.0900. The number of rotatable bonds is 2. The van der Waals surface area contributed by atoms with Gasteiger partial charge in [0.2, 0.25) is 0 Å². The Kier molecular flexibility index (Phi) is 5.45. The minimum Gasteiger partial charge on any atom is -1.00 e. The highest BCUT2D eigenvalue weighted by atomic mass is 79.9. The van der Waals surface area contributed by atoms with E-state index in [0.717, 1.165) is 10.9 Å². The number of quaternary nitrogens is 1. The maximum absolute atomic E-state index is 11.4. The Bertz CT molecular complexity index is 268. The average molecular weight is 306 g/mol. The van der Waals surface area contributed by atoms with E-state index in [2.05, 4.69) is 7.05 Å². The number of fused-ring (bicyclic) bond motifs is 1. The number of piperidine rings is 2. The van der Waals surface area contributed by atoms with Crippen LogP contribution in [0.5, 0.6) is 0 Å². The van der Waals surface area contributed by atoms with Gasteiger partial charge in [-0.25, -0.2) is 0 Å². The van der Waals surface area contributed by atoms with Gasteiger partial charge >= 0.3 is 5.97 Å². The normalized spacial score (nSPS) is 36.6. The van der Waals surface area contributed by atoms with Crippen LogP contribution in [0.4, 0.5) is 0 Å². The quantitative estimate of drug-likeness (QED) is 0.488. The number of likely N-dealkylation sites (N-methyl/N-ethyl adjacent to an activating group) is 1. The predicted octanol–water partition coefficient (Wildman–Crippen LogP) is -0.895. The summed E-state index contributed by atoms with van der Waals surface area (Å²) >= 11 is 0. The molecule has 0 radical (unpaired) electrons. The monoisotopic (exact) mass is 305 g/mol. The van der Waals surface area contributed by atoms with E-state index in [1.807, 2.05) is 6.92 Å². The summed E-state index contributed by atoms with van der Waals surface area (Å²) in [5.74, 6) is -0.0241. The van der Waals surface area contributed by atoms with Crippen molar-refractivity contribution in [2.45, 2.75) is 57.6 Å².